The van der Waals surface area contributed by atoms with E-state index in [4.69, 9.17) is 0 Å². The predicted octanol–water partition coefficient (Wildman–Crippen LogP) is 0.180. The molecule has 1 aliphatic rings. The van der Waals surface area contributed by atoms with Gasteiger partial charge in [0.2, 0.25) is 6.04 Å². The first kappa shape index (κ1) is 7.21. The highest BCUT2D eigenvalue weighted by molar-refractivity contribution is 5.00. The zero-order valence-electron chi connectivity index (χ0n) is 5.78. The van der Waals surface area contributed by atoms with E-state index < -0.39 is 6.04 Å². The Morgan fingerprint density at radius 2 is 2.50 bits per heavy atom. The molecule has 4 nitrogen and oxygen atoms in total. The molecule has 1 rings (SSSR count). The maximum absolute atomic E-state index is 10.3. The Kier molecular flexibility index (Phi) is 2.01. The molecule has 1 aliphatic heterocycles. The Hall–Kier alpha value is -0.900. The second-order valence-corrected chi connectivity index (χ2v) is 2.40. The van der Waals surface area contributed by atoms with Crippen LogP contribution in [0.5, 0.6) is 0 Å². The van der Waals surface area contributed by atoms with E-state index >= 15 is 0 Å². The van der Waals surface area contributed by atoms with Crippen molar-refractivity contribution in [1.29, 1.82) is 0 Å². The Labute approximate surface area is 59.1 Å². The summed E-state index contributed by atoms with van der Waals surface area (Å²) in [5, 5.41) is 13.3. The van der Waals surface area contributed by atoms with Gasteiger partial charge >= 0.3 is 0 Å². The topological polar surface area (TPSA) is 55.2 Å². The van der Waals surface area contributed by atoms with Crippen LogP contribution < -0.4 is 5.32 Å². The Balaban J connectivity index is 2.64. The molecule has 2 unspecified atom stereocenters. The molecule has 0 aromatic rings. The van der Waals surface area contributed by atoms with Gasteiger partial charge in [-0.2, -0.15) is 0 Å². The maximum Gasteiger partial charge on any atom is 0.246 e. The van der Waals surface area contributed by atoms with E-state index in [0.717, 1.165) is 6.54 Å². The van der Waals surface area contributed by atoms with Crippen LogP contribution in [0, 0.1) is 10.1 Å². The SMILES string of the molecule is CC1NCC=CC1[N+](=O)[O-]. The molecule has 0 radical (unpaired) electrons. The van der Waals surface area contributed by atoms with Gasteiger partial charge in [-0.3, -0.25) is 10.1 Å². The van der Waals surface area contributed by atoms with Crippen molar-refractivity contribution in [3.8, 4) is 0 Å². The molecule has 0 saturated carbocycles. The van der Waals surface area contributed by atoms with E-state index in [9.17, 15) is 10.1 Å². The Morgan fingerprint density at radius 3 is 2.90 bits per heavy atom. The summed E-state index contributed by atoms with van der Waals surface area (Å²) in [4.78, 5) is 10.0. The van der Waals surface area contributed by atoms with Gasteiger partial charge in [0.15, 0.2) is 0 Å². The first-order valence-corrected chi connectivity index (χ1v) is 3.25. The van der Waals surface area contributed by atoms with Crippen LogP contribution in [0.1, 0.15) is 6.92 Å². The minimum Gasteiger partial charge on any atom is -0.304 e. The molecule has 0 aromatic heterocycles. The summed E-state index contributed by atoms with van der Waals surface area (Å²) < 4.78 is 0. The van der Waals surface area contributed by atoms with Crippen LogP contribution in [0.4, 0.5) is 0 Å². The van der Waals surface area contributed by atoms with Crippen LogP contribution >= 0.6 is 0 Å². The van der Waals surface area contributed by atoms with E-state index in [-0.39, 0.29) is 11.0 Å². The van der Waals surface area contributed by atoms with Crippen LogP contribution in [0.3, 0.4) is 0 Å². The van der Waals surface area contributed by atoms with E-state index in [2.05, 4.69) is 5.32 Å². The first-order valence-electron chi connectivity index (χ1n) is 3.25. The summed E-state index contributed by atoms with van der Waals surface area (Å²) in [7, 11) is 0. The van der Waals surface area contributed by atoms with Crippen molar-refractivity contribution in [2.45, 2.75) is 19.0 Å². The summed E-state index contributed by atoms with van der Waals surface area (Å²) in [5.41, 5.74) is 0. The molecule has 0 bridgehead atoms. The number of nitrogens with zero attached hydrogens (tertiary/aromatic N) is 1. The largest absolute Gasteiger partial charge is 0.304 e. The van der Waals surface area contributed by atoms with Crippen molar-refractivity contribution >= 4 is 0 Å². The summed E-state index contributed by atoms with van der Waals surface area (Å²) in [5.74, 6) is 0. The van der Waals surface area contributed by atoms with E-state index in [1.54, 1.807) is 12.2 Å². The van der Waals surface area contributed by atoms with Crippen LogP contribution in [0.25, 0.3) is 0 Å². The normalized spacial score (nSPS) is 32.1. The third kappa shape index (κ3) is 1.33. The molecule has 0 amide bonds. The highest BCUT2D eigenvalue weighted by Gasteiger charge is 2.25. The number of rotatable bonds is 1. The Morgan fingerprint density at radius 1 is 1.80 bits per heavy atom. The predicted molar refractivity (Wildman–Crippen MR) is 37.4 cm³/mol. The van der Waals surface area contributed by atoms with Crippen molar-refractivity contribution in [3.63, 3.8) is 0 Å². The van der Waals surface area contributed by atoms with Crippen LogP contribution in [-0.4, -0.2) is 23.6 Å². The molecule has 0 aromatic carbocycles. The molecule has 0 aliphatic carbocycles. The fourth-order valence-corrected chi connectivity index (χ4v) is 1.00. The number of nitrogens with one attached hydrogen (secondary N) is 1. The summed E-state index contributed by atoms with van der Waals surface area (Å²) in [6.45, 7) is 2.56. The lowest BCUT2D eigenvalue weighted by molar-refractivity contribution is -0.513. The van der Waals surface area contributed by atoms with Crippen LogP contribution in [0.15, 0.2) is 12.2 Å². The van der Waals surface area contributed by atoms with E-state index in [0.29, 0.717) is 0 Å². The zero-order chi connectivity index (χ0) is 7.56. The molecule has 0 spiro atoms. The van der Waals surface area contributed by atoms with Gasteiger partial charge in [-0.25, -0.2) is 0 Å². The van der Waals surface area contributed by atoms with Gasteiger partial charge < -0.3 is 5.32 Å². The number of hydrogen-bond acceptors (Lipinski definition) is 3. The first-order chi connectivity index (χ1) is 4.72. The molecule has 0 fully saturated rings. The molecule has 1 heterocycles. The standard InChI is InChI=1S/C6H10N2O2/c1-5-6(8(9)10)3-2-4-7-5/h2-3,5-7H,4H2,1H3. The highest BCUT2D eigenvalue weighted by atomic mass is 16.6. The summed E-state index contributed by atoms with van der Waals surface area (Å²) in [6.07, 6.45) is 3.43. The zero-order valence-corrected chi connectivity index (χ0v) is 5.78. The van der Waals surface area contributed by atoms with Gasteiger partial charge in [0.1, 0.15) is 0 Å². The second-order valence-electron chi connectivity index (χ2n) is 2.40. The fraction of sp³-hybridized carbons (Fsp3) is 0.667. The molecule has 2 atom stereocenters. The van der Waals surface area contributed by atoms with Crippen molar-refractivity contribution in [2.24, 2.45) is 0 Å². The van der Waals surface area contributed by atoms with Gasteiger partial charge in [0.25, 0.3) is 0 Å². The summed E-state index contributed by atoms with van der Waals surface area (Å²) in [6, 6.07) is -0.589. The van der Waals surface area contributed by atoms with Crippen molar-refractivity contribution < 1.29 is 4.92 Å². The summed E-state index contributed by atoms with van der Waals surface area (Å²) >= 11 is 0. The minimum atomic E-state index is -0.547. The van der Waals surface area contributed by atoms with Gasteiger partial charge in [-0.05, 0) is 13.0 Å². The fourth-order valence-electron chi connectivity index (χ4n) is 1.00. The lowest BCUT2D eigenvalue weighted by atomic mass is 10.1. The molecule has 4 heteroatoms. The molecule has 56 valence electrons. The quantitative estimate of drug-likeness (QED) is 0.323. The average molecular weight is 142 g/mol. The van der Waals surface area contributed by atoms with Crippen molar-refractivity contribution in [3.05, 3.63) is 22.3 Å². The number of hydrogen-bond donors (Lipinski definition) is 1. The third-order valence-corrected chi connectivity index (χ3v) is 1.65. The van der Waals surface area contributed by atoms with Crippen molar-refractivity contribution in [2.75, 3.05) is 6.54 Å². The maximum atomic E-state index is 10.3. The Bertz CT molecular complexity index is 167. The van der Waals surface area contributed by atoms with Crippen molar-refractivity contribution in [1.82, 2.24) is 5.32 Å². The third-order valence-electron chi connectivity index (χ3n) is 1.65. The van der Waals surface area contributed by atoms with Gasteiger partial charge in [0, 0.05) is 11.5 Å². The van der Waals surface area contributed by atoms with Gasteiger partial charge in [-0.1, -0.05) is 6.08 Å². The molecular weight excluding hydrogens is 132 g/mol. The lowest BCUT2D eigenvalue weighted by Gasteiger charge is -2.18. The van der Waals surface area contributed by atoms with Crippen LogP contribution in [-0.2, 0) is 0 Å². The highest BCUT2D eigenvalue weighted by Crippen LogP contribution is 2.03. The molecule has 10 heavy (non-hydrogen) atoms. The molecule has 1 N–H and O–H groups in total. The molecular formula is C6H10N2O2. The lowest BCUT2D eigenvalue weighted by Crippen LogP contribution is -2.43. The smallest absolute Gasteiger partial charge is 0.246 e. The number of nitro groups is 1. The van der Waals surface area contributed by atoms with Crippen LogP contribution in [0.2, 0.25) is 0 Å². The van der Waals surface area contributed by atoms with Gasteiger partial charge in [-0.15, -0.1) is 0 Å². The monoisotopic (exact) mass is 142 g/mol. The average Bonchev–Trinajstić information content (AvgIpc) is 1.88. The second kappa shape index (κ2) is 2.79. The van der Waals surface area contributed by atoms with E-state index in [1.165, 1.54) is 0 Å². The molecule has 0 saturated heterocycles. The van der Waals surface area contributed by atoms with Gasteiger partial charge in [0.05, 0.1) is 6.04 Å². The van der Waals surface area contributed by atoms with E-state index in [1.807, 2.05) is 6.92 Å². The minimum absolute atomic E-state index is 0.0417.